The summed E-state index contributed by atoms with van der Waals surface area (Å²) in [7, 11) is 1.67. The topological polar surface area (TPSA) is 47.0 Å². The number of thiophene rings is 1. The van der Waals surface area contributed by atoms with E-state index >= 15 is 0 Å². The molecule has 0 amide bonds. The molecule has 0 bridgehead atoms. The van der Waals surface area contributed by atoms with Crippen molar-refractivity contribution in [1.82, 2.24) is 9.97 Å². The van der Waals surface area contributed by atoms with Gasteiger partial charge in [0.1, 0.15) is 11.6 Å². The number of rotatable bonds is 6. The fourth-order valence-electron chi connectivity index (χ4n) is 2.88. The average molecular weight is 396 g/mol. The molecule has 0 fully saturated rings. The lowest BCUT2D eigenvalue weighted by atomic mass is 10.1. The highest BCUT2D eigenvalue weighted by atomic mass is 35.5. The Kier molecular flexibility index (Phi) is 5.23. The second-order valence-electron chi connectivity index (χ2n) is 6.04. The zero-order chi connectivity index (χ0) is 18.6. The van der Waals surface area contributed by atoms with Gasteiger partial charge in [0.25, 0.3) is 0 Å². The number of methoxy groups -OCH3 is 1. The van der Waals surface area contributed by atoms with Crippen LogP contribution in [0.15, 0.2) is 60.0 Å². The molecule has 0 aliphatic heterocycles. The smallest absolute Gasteiger partial charge is 0.173 e. The summed E-state index contributed by atoms with van der Waals surface area (Å²) in [6.07, 6.45) is 0.886. The molecule has 4 aromatic rings. The molecule has 0 aliphatic rings. The number of halogens is 1. The fourth-order valence-corrected chi connectivity index (χ4v) is 3.96. The van der Waals surface area contributed by atoms with Gasteiger partial charge in [0.2, 0.25) is 0 Å². The van der Waals surface area contributed by atoms with E-state index in [1.54, 1.807) is 18.4 Å². The first-order valence-electron chi connectivity index (χ1n) is 8.61. The van der Waals surface area contributed by atoms with E-state index in [2.05, 4.69) is 22.4 Å². The second-order valence-corrected chi connectivity index (χ2v) is 7.36. The van der Waals surface area contributed by atoms with Gasteiger partial charge in [-0.3, -0.25) is 0 Å². The van der Waals surface area contributed by atoms with Crippen molar-refractivity contribution in [2.24, 2.45) is 0 Å². The third-order valence-corrected chi connectivity index (χ3v) is 5.63. The zero-order valence-electron chi connectivity index (χ0n) is 14.8. The van der Waals surface area contributed by atoms with Crippen molar-refractivity contribution >= 4 is 39.7 Å². The van der Waals surface area contributed by atoms with Gasteiger partial charge in [-0.15, -0.1) is 11.3 Å². The van der Waals surface area contributed by atoms with Gasteiger partial charge in [-0.05, 0) is 47.7 Å². The van der Waals surface area contributed by atoms with Gasteiger partial charge in [-0.25, -0.2) is 9.97 Å². The third kappa shape index (κ3) is 3.89. The summed E-state index contributed by atoms with van der Waals surface area (Å²) in [4.78, 5) is 10.3. The number of nitrogens with zero attached hydrogens (tertiary/aromatic N) is 2. The highest BCUT2D eigenvalue weighted by molar-refractivity contribution is 7.14. The van der Waals surface area contributed by atoms with Gasteiger partial charge in [0.15, 0.2) is 5.82 Å². The molecule has 6 heteroatoms. The Morgan fingerprint density at radius 1 is 1.04 bits per heavy atom. The summed E-state index contributed by atoms with van der Waals surface area (Å²) in [6.45, 7) is 0.769. The van der Waals surface area contributed by atoms with E-state index in [1.165, 1.54) is 5.56 Å². The summed E-state index contributed by atoms with van der Waals surface area (Å²) in [5.41, 5.74) is 2.14. The van der Waals surface area contributed by atoms with Gasteiger partial charge in [-0.2, -0.15) is 0 Å². The number of anilines is 1. The van der Waals surface area contributed by atoms with Gasteiger partial charge >= 0.3 is 0 Å². The first-order chi connectivity index (χ1) is 13.2. The van der Waals surface area contributed by atoms with Crippen molar-refractivity contribution < 1.29 is 4.74 Å². The Morgan fingerprint density at radius 2 is 1.85 bits per heavy atom. The van der Waals surface area contributed by atoms with Crippen LogP contribution in [0, 0.1) is 0 Å². The Bertz CT molecular complexity index is 1060. The molecule has 2 aromatic carbocycles. The van der Waals surface area contributed by atoms with Crippen LogP contribution in [0.25, 0.3) is 21.6 Å². The van der Waals surface area contributed by atoms with Crippen LogP contribution in [0.4, 0.5) is 5.82 Å². The Morgan fingerprint density at radius 3 is 2.59 bits per heavy atom. The van der Waals surface area contributed by atoms with Crippen molar-refractivity contribution in [2.75, 3.05) is 19.0 Å². The molecule has 4 rings (SSSR count). The van der Waals surface area contributed by atoms with Crippen molar-refractivity contribution in [1.29, 1.82) is 0 Å². The van der Waals surface area contributed by atoms with Crippen molar-refractivity contribution in [2.45, 2.75) is 6.42 Å². The lowest BCUT2D eigenvalue weighted by molar-refractivity contribution is 0.414. The quantitative estimate of drug-likeness (QED) is 0.456. The lowest BCUT2D eigenvalue weighted by Gasteiger charge is -2.11. The number of benzene rings is 2. The number of nitrogens with one attached hydrogen (secondary N) is 1. The van der Waals surface area contributed by atoms with E-state index in [-0.39, 0.29) is 0 Å². The number of para-hydroxylation sites is 1. The van der Waals surface area contributed by atoms with E-state index in [1.807, 2.05) is 47.8 Å². The van der Waals surface area contributed by atoms with E-state index < -0.39 is 0 Å². The first kappa shape index (κ1) is 17.8. The van der Waals surface area contributed by atoms with Crippen LogP contribution in [0.2, 0.25) is 5.02 Å². The zero-order valence-corrected chi connectivity index (χ0v) is 16.3. The molecule has 0 saturated carbocycles. The summed E-state index contributed by atoms with van der Waals surface area (Å²) < 4.78 is 5.21. The van der Waals surface area contributed by atoms with E-state index in [9.17, 15) is 0 Å². The van der Waals surface area contributed by atoms with E-state index in [0.29, 0.717) is 10.8 Å². The maximum atomic E-state index is 6.29. The summed E-state index contributed by atoms with van der Waals surface area (Å²) >= 11 is 7.83. The number of hydrogen-bond donors (Lipinski definition) is 1. The first-order valence-corrected chi connectivity index (χ1v) is 9.87. The maximum absolute atomic E-state index is 6.29. The average Bonchev–Trinajstić information content (AvgIpc) is 3.14. The molecule has 1 N–H and O–H groups in total. The number of ether oxygens (including phenoxy) is 1. The summed E-state index contributed by atoms with van der Waals surface area (Å²) in [5, 5.41) is 7.10. The molecular weight excluding hydrogens is 378 g/mol. The van der Waals surface area contributed by atoms with Crippen LogP contribution in [0.3, 0.4) is 0 Å². The van der Waals surface area contributed by atoms with E-state index in [4.69, 9.17) is 21.3 Å². The Labute approximate surface area is 166 Å². The molecular formula is C21H18ClN3OS. The van der Waals surface area contributed by atoms with Crippen molar-refractivity contribution in [3.05, 3.63) is 70.6 Å². The molecule has 2 heterocycles. The fraction of sp³-hybridized carbons (Fsp3) is 0.143. The molecule has 0 spiro atoms. The van der Waals surface area contributed by atoms with Crippen LogP contribution < -0.4 is 10.1 Å². The Hall–Kier alpha value is -2.63. The molecule has 27 heavy (non-hydrogen) atoms. The van der Waals surface area contributed by atoms with Crippen LogP contribution >= 0.6 is 22.9 Å². The Balaban J connectivity index is 1.59. The number of aromatic nitrogens is 2. The largest absolute Gasteiger partial charge is 0.497 e. The molecule has 0 atom stereocenters. The number of hydrogen-bond acceptors (Lipinski definition) is 5. The molecule has 2 aromatic heterocycles. The van der Waals surface area contributed by atoms with Gasteiger partial charge in [0.05, 0.1) is 22.5 Å². The predicted molar refractivity (Wildman–Crippen MR) is 113 cm³/mol. The molecule has 0 saturated heterocycles. The van der Waals surface area contributed by atoms with Crippen molar-refractivity contribution in [3.8, 4) is 16.5 Å². The highest BCUT2D eigenvalue weighted by Gasteiger charge is 2.12. The van der Waals surface area contributed by atoms with E-state index in [0.717, 1.165) is 40.3 Å². The molecule has 0 aliphatic carbocycles. The van der Waals surface area contributed by atoms with Crippen LogP contribution in [0.5, 0.6) is 5.75 Å². The molecule has 136 valence electrons. The minimum atomic E-state index is 0.653. The summed E-state index contributed by atoms with van der Waals surface area (Å²) in [6, 6.07) is 18.0. The SMILES string of the molecule is COc1ccc(CCNc2nc(-c3sccc3Cl)nc3ccccc23)cc1. The van der Waals surface area contributed by atoms with Crippen molar-refractivity contribution in [3.63, 3.8) is 0 Å². The van der Waals surface area contributed by atoms with Crippen LogP contribution in [-0.4, -0.2) is 23.6 Å². The monoisotopic (exact) mass is 395 g/mol. The standard InChI is InChI=1S/C21H18ClN3OS/c1-26-15-8-6-14(7-9-15)10-12-23-20-16-4-2-3-5-18(16)24-21(25-20)19-17(22)11-13-27-19/h2-9,11,13H,10,12H2,1H3,(H,23,24,25). The highest BCUT2D eigenvalue weighted by Crippen LogP contribution is 2.33. The minimum Gasteiger partial charge on any atom is -0.497 e. The number of fused-ring (bicyclic) bond motifs is 1. The molecule has 0 unspecified atom stereocenters. The van der Waals surface area contributed by atoms with Gasteiger partial charge in [0, 0.05) is 11.9 Å². The van der Waals surface area contributed by atoms with Gasteiger partial charge in [-0.1, -0.05) is 35.9 Å². The molecule has 0 radical (unpaired) electrons. The normalized spacial score (nSPS) is 10.9. The summed E-state index contributed by atoms with van der Waals surface area (Å²) in [5.74, 6) is 2.35. The van der Waals surface area contributed by atoms with Crippen LogP contribution in [-0.2, 0) is 6.42 Å². The third-order valence-electron chi connectivity index (χ3n) is 4.29. The minimum absolute atomic E-state index is 0.653. The maximum Gasteiger partial charge on any atom is 0.173 e. The van der Waals surface area contributed by atoms with Crippen LogP contribution in [0.1, 0.15) is 5.56 Å². The second kappa shape index (κ2) is 7.94. The predicted octanol–water partition coefficient (Wildman–Crippen LogP) is 5.67. The molecule has 4 nitrogen and oxygen atoms in total. The lowest BCUT2D eigenvalue weighted by Crippen LogP contribution is -2.08. The van der Waals surface area contributed by atoms with Gasteiger partial charge < -0.3 is 10.1 Å².